The molecule has 2 heteroatoms. The third kappa shape index (κ3) is 1.36. The number of rotatable bonds is 1. The highest BCUT2D eigenvalue weighted by atomic mass is 16.3. The van der Waals surface area contributed by atoms with Crippen LogP contribution >= 0.6 is 0 Å². The molecule has 0 atom stereocenters. The Hall–Kier alpha value is -1.31. The van der Waals surface area contributed by atoms with Crippen LogP contribution in [0, 0.1) is 13.8 Å². The molecule has 0 saturated carbocycles. The number of pyridine rings is 1. The molecule has 0 radical (unpaired) electrons. The third-order valence-electron chi connectivity index (χ3n) is 3.25. The Labute approximate surface area is 90.5 Å². The largest absolute Gasteiger partial charge is 0.471 e. The van der Waals surface area contributed by atoms with E-state index in [1.165, 1.54) is 27.7 Å². The van der Waals surface area contributed by atoms with Crippen molar-refractivity contribution < 1.29 is 8.98 Å². The number of aryl methyl sites for hydroxylation is 2. The Morgan fingerprint density at radius 3 is 2.33 bits per heavy atom. The molecule has 0 amide bonds. The van der Waals surface area contributed by atoms with Crippen LogP contribution < -0.4 is 4.57 Å². The predicted molar refractivity (Wildman–Crippen MR) is 61.0 cm³/mol. The summed E-state index contributed by atoms with van der Waals surface area (Å²) in [6.45, 7) is 8.77. The highest BCUT2D eigenvalue weighted by Gasteiger charge is 2.22. The molecule has 2 aromatic heterocycles. The first-order valence-corrected chi connectivity index (χ1v) is 5.39. The Morgan fingerprint density at radius 1 is 1.13 bits per heavy atom. The zero-order chi connectivity index (χ0) is 11.2. The molecular weight excluding hydrogens is 186 g/mol. The van der Waals surface area contributed by atoms with Gasteiger partial charge in [-0.3, -0.25) is 0 Å². The molecule has 0 aromatic carbocycles. The first kappa shape index (κ1) is 10.2. The maximum absolute atomic E-state index is 5.30. The number of fused-ring (bicyclic) bond motifs is 1. The molecule has 2 heterocycles. The van der Waals surface area contributed by atoms with Crippen molar-refractivity contribution in [2.45, 2.75) is 33.6 Å². The van der Waals surface area contributed by atoms with Gasteiger partial charge in [-0.15, -0.1) is 0 Å². The van der Waals surface area contributed by atoms with E-state index in [2.05, 4.69) is 39.3 Å². The molecule has 80 valence electrons. The molecule has 15 heavy (non-hydrogen) atoms. The highest BCUT2D eigenvalue weighted by molar-refractivity contribution is 5.85. The maximum atomic E-state index is 5.30. The van der Waals surface area contributed by atoms with Gasteiger partial charge in [-0.05, 0) is 6.92 Å². The van der Waals surface area contributed by atoms with Crippen molar-refractivity contribution in [1.29, 1.82) is 0 Å². The summed E-state index contributed by atoms with van der Waals surface area (Å²) in [4.78, 5) is 0. The van der Waals surface area contributed by atoms with Gasteiger partial charge in [-0.2, -0.15) is 0 Å². The lowest BCUT2D eigenvalue weighted by Crippen LogP contribution is -2.38. The zero-order valence-electron chi connectivity index (χ0n) is 10.1. The minimum Gasteiger partial charge on any atom is -0.471 e. The fourth-order valence-corrected chi connectivity index (χ4v) is 2.44. The van der Waals surface area contributed by atoms with E-state index in [1.807, 2.05) is 12.5 Å². The van der Waals surface area contributed by atoms with Crippen molar-refractivity contribution in [2.24, 2.45) is 7.05 Å². The van der Waals surface area contributed by atoms with E-state index in [0.29, 0.717) is 5.92 Å². The smallest absolute Gasteiger partial charge is 0.189 e. The van der Waals surface area contributed by atoms with Gasteiger partial charge in [0.1, 0.15) is 13.3 Å². The van der Waals surface area contributed by atoms with E-state index >= 15 is 0 Å². The molecule has 0 saturated heterocycles. The number of aromatic nitrogens is 1. The van der Waals surface area contributed by atoms with Crippen molar-refractivity contribution >= 4 is 10.8 Å². The molecule has 0 spiro atoms. The van der Waals surface area contributed by atoms with Crippen LogP contribution in [-0.4, -0.2) is 0 Å². The van der Waals surface area contributed by atoms with Crippen LogP contribution in [0.1, 0.15) is 36.7 Å². The highest BCUT2D eigenvalue weighted by Crippen LogP contribution is 2.26. The molecule has 2 nitrogen and oxygen atoms in total. The van der Waals surface area contributed by atoms with Crippen LogP contribution in [0.3, 0.4) is 0 Å². The quantitative estimate of drug-likeness (QED) is 0.653. The molecule has 0 N–H and O–H groups in total. The van der Waals surface area contributed by atoms with Gasteiger partial charge >= 0.3 is 0 Å². The van der Waals surface area contributed by atoms with Gasteiger partial charge < -0.3 is 4.42 Å². The minimum atomic E-state index is 0.535. The molecule has 2 aromatic rings. The van der Waals surface area contributed by atoms with Crippen LogP contribution in [0.15, 0.2) is 16.9 Å². The van der Waals surface area contributed by atoms with Gasteiger partial charge in [0.2, 0.25) is 0 Å². The summed E-state index contributed by atoms with van der Waals surface area (Å²) in [6.07, 6.45) is 3.69. The first-order valence-electron chi connectivity index (χ1n) is 5.39. The van der Waals surface area contributed by atoms with Crippen LogP contribution in [0.25, 0.3) is 10.8 Å². The molecule has 0 aliphatic carbocycles. The van der Waals surface area contributed by atoms with E-state index in [9.17, 15) is 0 Å². The second kappa shape index (κ2) is 3.37. The van der Waals surface area contributed by atoms with E-state index in [0.717, 1.165) is 0 Å². The molecule has 0 bridgehead atoms. The van der Waals surface area contributed by atoms with Gasteiger partial charge in [0, 0.05) is 23.8 Å². The lowest BCUT2D eigenvalue weighted by molar-refractivity contribution is -0.685. The fraction of sp³-hybridized carbons (Fsp3) is 0.462. The molecule has 0 fully saturated rings. The van der Waals surface area contributed by atoms with Crippen LogP contribution in [0.2, 0.25) is 0 Å². The Kier molecular flexibility index (Phi) is 2.29. The Morgan fingerprint density at radius 2 is 1.73 bits per heavy atom. The first-order chi connectivity index (χ1) is 7.04. The molecule has 0 aliphatic rings. The summed E-state index contributed by atoms with van der Waals surface area (Å²) in [6, 6.07) is 0. The second-order valence-corrected chi connectivity index (χ2v) is 4.51. The summed E-state index contributed by atoms with van der Waals surface area (Å²) in [5.41, 5.74) is 4.00. The third-order valence-corrected chi connectivity index (χ3v) is 3.25. The Bertz CT molecular complexity index is 509. The average molecular weight is 204 g/mol. The summed E-state index contributed by atoms with van der Waals surface area (Å²) in [7, 11) is 2.13. The van der Waals surface area contributed by atoms with E-state index < -0.39 is 0 Å². The van der Waals surface area contributed by atoms with Gasteiger partial charge in [0.25, 0.3) is 0 Å². The molecule has 2 rings (SSSR count). The monoisotopic (exact) mass is 204 g/mol. The van der Waals surface area contributed by atoms with Gasteiger partial charge in [-0.1, -0.05) is 13.8 Å². The fourth-order valence-electron chi connectivity index (χ4n) is 2.44. The molecular formula is C13H18NO+. The van der Waals surface area contributed by atoms with Crippen molar-refractivity contribution in [3.05, 3.63) is 29.5 Å². The number of hydrogen-bond acceptors (Lipinski definition) is 1. The van der Waals surface area contributed by atoms with E-state index in [4.69, 9.17) is 4.42 Å². The number of nitrogens with zero attached hydrogens (tertiary/aromatic N) is 1. The van der Waals surface area contributed by atoms with Crippen LogP contribution in [0.4, 0.5) is 0 Å². The predicted octanol–water partition coefficient (Wildman–Crippen LogP) is 3.00. The molecule has 0 unspecified atom stereocenters. The summed E-state index contributed by atoms with van der Waals surface area (Å²) >= 11 is 0. The topological polar surface area (TPSA) is 17.0 Å². The van der Waals surface area contributed by atoms with Gasteiger partial charge in [0.15, 0.2) is 11.4 Å². The maximum Gasteiger partial charge on any atom is 0.189 e. The zero-order valence-corrected chi connectivity index (χ0v) is 10.1. The van der Waals surface area contributed by atoms with Crippen molar-refractivity contribution in [1.82, 2.24) is 0 Å². The summed E-state index contributed by atoms with van der Waals surface area (Å²) < 4.78 is 7.58. The Balaban J connectivity index is 2.92. The van der Waals surface area contributed by atoms with E-state index in [1.54, 1.807) is 0 Å². The van der Waals surface area contributed by atoms with Crippen LogP contribution in [0.5, 0.6) is 0 Å². The lowest BCUT2D eigenvalue weighted by Gasteiger charge is -2.10. The lowest BCUT2D eigenvalue weighted by atomic mass is 9.99. The van der Waals surface area contributed by atoms with Crippen molar-refractivity contribution in [3.8, 4) is 0 Å². The van der Waals surface area contributed by atoms with Crippen molar-refractivity contribution in [3.63, 3.8) is 0 Å². The summed E-state index contributed by atoms with van der Waals surface area (Å²) in [5, 5.41) is 2.47. The SMILES string of the molecule is Cc1c(C(C)C)[n+](C)c(C)c2cocc12. The number of hydrogen-bond donors (Lipinski definition) is 0. The second-order valence-electron chi connectivity index (χ2n) is 4.51. The minimum absolute atomic E-state index is 0.535. The van der Waals surface area contributed by atoms with Gasteiger partial charge in [0.05, 0.1) is 11.6 Å². The van der Waals surface area contributed by atoms with Gasteiger partial charge in [-0.25, -0.2) is 4.57 Å². The van der Waals surface area contributed by atoms with E-state index in [-0.39, 0.29) is 0 Å². The normalized spacial score (nSPS) is 11.6. The molecule has 0 aliphatic heterocycles. The van der Waals surface area contributed by atoms with Crippen molar-refractivity contribution in [2.75, 3.05) is 0 Å². The summed E-state index contributed by atoms with van der Waals surface area (Å²) in [5.74, 6) is 0.535. The standard InChI is InChI=1S/C13H18NO/c1-8(2)13-9(3)11-6-15-7-12(11)10(4)14(13)5/h6-8H,1-5H3/q+1. The average Bonchev–Trinajstić information content (AvgIpc) is 2.62. The van der Waals surface area contributed by atoms with Crippen LogP contribution in [-0.2, 0) is 7.05 Å². The number of furan rings is 1.